The monoisotopic (exact) mass is 369 g/mol. The minimum Gasteiger partial charge on any atom is -0.329 e. The maximum absolute atomic E-state index is 12.5. The van der Waals surface area contributed by atoms with Crippen molar-refractivity contribution in [3.63, 3.8) is 0 Å². The van der Waals surface area contributed by atoms with E-state index in [1.54, 1.807) is 31.2 Å². The molecule has 0 atom stereocenters. The van der Waals surface area contributed by atoms with Crippen LogP contribution in [-0.2, 0) is 22.4 Å². The van der Waals surface area contributed by atoms with Gasteiger partial charge in [0.2, 0.25) is 5.82 Å². The van der Waals surface area contributed by atoms with Gasteiger partial charge in [-0.05, 0) is 25.3 Å². The van der Waals surface area contributed by atoms with E-state index in [9.17, 15) is 18.0 Å². The van der Waals surface area contributed by atoms with E-state index in [-0.39, 0.29) is 23.7 Å². The molecule has 0 spiro atoms. The molecule has 1 heterocycles. The van der Waals surface area contributed by atoms with Crippen LogP contribution in [-0.4, -0.2) is 27.7 Å². The van der Waals surface area contributed by atoms with Gasteiger partial charge in [-0.1, -0.05) is 36.3 Å². The second-order valence-corrected chi connectivity index (χ2v) is 6.44. The number of nitrogens with zero attached hydrogens (tertiary/aromatic N) is 3. The van der Waals surface area contributed by atoms with Gasteiger partial charge >= 0.3 is 12.1 Å². The molecule has 1 amide bonds. The third-order valence-corrected chi connectivity index (χ3v) is 4.23. The molecule has 1 saturated carbocycles. The van der Waals surface area contributed by atoms with Gasteiger partial charge in [-0.2, -0.15) is 18.2 Å². The number of hydrogen-bond donors (Lipinski definition) is 0. The zero-order valence-corrected chi connectivity index (χ0v) is 14.3. The van der Waals surface area contributed by atoms with Gasteiger partial charge in [-0.3, -0.25) is 9.63 Å². The maximum atomic E-state index is 12.5. The number of halogens is 3. The molecule has 0 saturated heterocycles. The lowest BCUT2D eigenvalue weighted by molar-refractivity contribution is -0.194. The standard InChI is InChI=1S/C17H18F3N3O3/c1-3-25-23(15(24)16(2)8-9-16)10-11-4-6-12(7-5-11)13-21-14(26-22-13)17(18,19)20/h4-7H,3,8-10H2,1-2H3. The Morgan fingerprint density at radius 3 is 2.46 bits per heavy atom. The van der Waals surface area contributed by atoms with Gasteiger partial charge < -0.3 is 4.52 Å². The van der Waals surface area contributed by atoms with Crippen LogP contribution in [0.5, 0.6) is 0 Å². The molecule has 9 heteroatoms. The van der Waals surface area contributed by atoms with Crippen molar-refractivity contribution in [2.75, 3.05) is 6.61 Å². The summed E-state index contributed by atoms with van der Waals surface area (Å²) in [5.74, 6) is -1.59. The Hall–Kier alpha value is -2.42. The highest BCUT2D eigenvalue weighted by Gasteiger charge is 2.47. The quantitative estimate of drug-likeness (QED) is 0.724. The molecule has 1 aliphatic rings. The van der Waals surface area contributed by atoms with Crippen LogP contribution in [0.25, 0.3) is 11.4 Å². The van der Waals surface area contributed by atoms with Gasteiger partial charge in [0.15, 0.2) is 0 Å². The van der Waals surface area contributed by atoms with Crippen molar-refractivity contribution in [3.8, 4) is 11.4 Å². The van der Waals surface area contributed by atoms with Crippen LogP contribution < -0.4 is 0 Å². The third kappa shape index (κ3) is 3.87. The van der Waals surface area contributed by atoms with Crippen molar-refractivity contribution < 1.29 is 27.3 Å². The summed E-state index contributed by atoms with van der Waals surface area (Å²) >= 11 is 0. The average molecular weight is 369 g/mol. The number of hydrogen-bond acceptors (Lipinski definition) is 5. The number of alkyl halides is 3. The zero-order valence-electron chi connectivity index (χ0n) is 14.3. The molecule has 26 heavy (non-hydrogen) atoms. The van der Waals surface area contributed by atoms with Gasteiger partial charge in [0.1, 0.15) is 0 Å². The Bertz CT molecular complexity index is 783. The normalized spacial score (nSPS) is 15.7. The van der Waals surface area contributed by atoms with Gasteiger partial charge in [0.25, 0.3) is 5.91 Å². The van der Waals surface area contributed by atoms with Gasteiger partial charge in [-0.25, -0.2) is 5.06 Å². The van der Waals surface area contributed by atoms with E-state index in [0.29, 0.717) is 12.2 Å². The van der Waals surface area contributed by atoms with E-state index in [0.717, 1.165) is 18.4 Å². The fraction of sp³-hybridized carbons (Fsp3) is 0.471. The van der Waals surface area contributed by atoms with Crippen LogP contribution in [0.1, 0.15) is 38.1 Å². The van der Waals surface area contributed by atoms with Crippen LogP contribution in [0.2, 0.25) is 0 Å². The summed E-state index contributed by atoms with van der Waals surface area (Å²) < 4.78 is 41.8. The zero-order chi connectivity index (χ0) is 18.9. The lowest BCUT2D eigenvalue weighted by Crippen LogP contribution is -2.35. The summed E-state index contributed by atoms with van der Waals surface area (Å²) in [5.41, 5.74) is 0.809. The first kappa shape index (κ1) is 18.4. The lowest BCUT2D eigenvalue weighted by Gasteiger charge is -2.24. The Labute approximate surface area is 147 Å². The third-order valence-electron chi connectivity index (χ3n) is 4.23. The minimum atomic E-state index is -4.68. The number of carbonyl (C=O) groups is 1. The average Bonchev–Trinajstić information content (AvgIpc) is 3.14. The number of benzene rings is 1. The van der Waals surface area contributed by atoms with E-state index in [2.05, 4.69) is 14.7 Å². The van der Waals surface area contributed by atoms with E-state index < -0.39 is 12.1 Å². The molecule has 3 rings (SSSR count). The molecule has 0 N–H and O–H groups in total. The Kier molecular flexibility index (Phi) is 4.74. The molecule has 140 valence electrons. The van der Waals surface area contributed by atoms with Crippen molar-refractivity contribution in [3.05, 3.63) is 35.7 Å². The van der Waals surface area contributed by atoms with Crippen molar-refractivity contribution in [1.29, 1.82) is 0 Å². The summed E-state index contributed by atoms with van der Waals surface area (Å²) in [5, 5.41) is 4.69. The fourth-order valence-electron chi connectivity index (χ4n) is 2.42. The largest absolute Gasteiger partial charge is 0.471 e. The topological polar surface area (TPSA) is 68.5 Å². The van der Waals surface area contributed by atoms with Crippen LogP contribution >= 0.6 is 0 Å². The molecule has 0 unspecified atom stereocenters. The van der Waals surface area contributed by atoms with Gasteiger partial charge in [0, 0.05) is 11.0 Å². The highest BCUT2D eigenvalue weighted by Crippen LogP contribution is 2.46. The Morgan fingerprint density at radius 1 is 1.31 bits per heavy atom. The second kappa shape index (κ2) is 6.71. The van der Waals surface area contributed by atoms with E-state index in [1.807, 2.05) is 6.92 Å². The summed E-state index contributed by atoms with van der Waals surface area (Å²) in [6.07, 6.45) is -3.00. The molecule has 0 aliphatic heterocycles. The predicted octanol–water partition coefficient (Wildman–Crippen LogP) is 3.84. The maximum Gasteiger partial charge on any atom is 0.471 e. The van der Waals surface area contributed by atoms with Gasteiger partial charge in [-0.15, -0.1) is 0 Å². The first-order chi connectivity index (χ1) is 12.2. The fourth-order valence-corrected chi connectivity index (χ4v) is 2.42. The highest BCUT2D eigenvalue weighted by atomic mass is 19.4. The summed E-state index contributed by atoms with van der Waals surface area (Å²) in [4.78, 5) is 21.3. The lowest BCUT2D eigenvalue weighted by atomic mass is 10.1. The van der Waals surface area contributed by atoms with Crippen molar-refractivity contribution in [2.45, 2.75) is 39.4 Å². The van der Waals surface area contributed by atoms with Crippen LogP contribution in [0.4, 0.5) is 13.2 Å². The number of carbonyl (C=O) groups excluding carboxylic acids is 1. The minimum absolute atomic E-state index is 0.0589. The van der Waals surface area contributed by atoms with E-state index >= 15 is 0 Å². The molecule has 2 aromatic rings. The molecule has 1 aromatic carbocycles. The first-order valence-corrected chi connectivity index (χ1v) is 8.18. The van der Waals surface area contributed by atoms with Crippen LogP contribution in [0.3, 0.4) is 0 Å². The van der Waals surface area contributed by atoms with Crippen molar-refractivity contribution in [1.82, 2.24) is 15.2 Å². The van der Waals surface area contributed by atoms with Crippen molar-refractivity contribution >= 4 is 5.91 Å². The SMILES string of the molecule is CCON(Cc1ccc(-c2noc(C(F)(F)F)n2)cc1)C(=O)C1(C)CC1. The first-order valence-electron chi connectivity index (χ1n) is 8.18. The molecule has 0 bridgehead atoms. The van der Waals surface area contributed by atoms with Gasteiger partial charge in [0.05, 0.1) is 13.2 Å². The van der Waals surface area contributed by atoms with Crippen LogP contribution in [0, 0.1) is 5.41 Å². The van der Waals surface area contributed by atoms with E-state index in [4.69, 9.17) is 4.84 Å². The predicted molar refractivity (Wildman–Crippen MR) is 84.3 cm³/mol. The summed E-state index contributed by atoms with van der Waals surface area (Å²) in [7, 11) is 0. The Balaban J connectivity index is 1.72. The molecule has 6 nitrogen and oxygen atoms in total. The van der Waals surface area contributed by atoms with Crippen molar-refractivity contribution in [2.24, 2.45) is 5.41 Å². The summed E-state index contributed by atoms with van der Waals surface area (Å²) in [6, 6.07) is 6.53. The number of hydroxylamine groups is 2. The molecular weight excluding hydrogens is 351 g/mol. The molecule has 0 radical (unpaired) electrons. The molecule has 1 aromatic heterocycles. The van der Waals surface area contributed by atoms with E-state index in [1.165, 1.54) is 5.06 Å². The second-order valence-electron chi connectivity index (χ2n) is 6.44. The highest BCUT2D eigenvalue weighted by molar-refractivity contribution is 5.84. The number of aromatic nitrogens is 2. The summed E-state index contributed by atoms with van der Waals surface area (Å²) in [6.45, 7) is 4.32. The number of amides is 1. The molecular formula is C17H18F3N3O3. The smallest absolute Gasteiger partial charge is 0.329 e. The number of rotatable bonds is 6. The Morgan fingerprint density at radius 2 is 1.96 bits per heavy atom. The molecule has 1 fully saturated rings. The molecule has 1 aliphatic carbocycles. The van der Waals surface area contributed by atoms with Crippen LogP contribution in [0.15, 0.2) is 28.8 Å².